The zero-order valence-electron chi connectivity index (χ0n) is 11.0. The molecular formula is C13H17ClN4S. The Morgan fingerprint density at radius 2 is 2.26 bits per heavy atom. The molecule has 4 nitrogen and oxygen atoms in total. The van der Waals surface area contributed by atoms with Crippen molar-refractivity contribution in [3.63, 3.8) is 0 Å². The predicted octanol–water partition coefficient (Wildman–Crippen LogP) is 3.20. The van der Waals surface area contributed by atoms with Crippen molar-refractivity contribution in [2.45, 2.75) is 42.8 Å². The zero-order valence-corrected chi connectivity index (χ0v) is 12.6. The van der Waals surface area contributed by atoms with Crippen LogP contribution in [0.5, 0.6) is 0 Å². The highest BCUT2D eigenvalue weighted by atomic mass is 35.5. The molecule has 0 aliphatic rings. The summed E-state index contributed by atoms with van der Waals surface area (Å²) in [6, 6.07) is 6.21. The lowest BCUT2D eigenvalue weighted by atomic mass is 10.1. The van der Waals surface area contributed by atoms with Crippen LogP contribution >= 0.6 is 23.4 Å². The normalized spacial score (nSPS) is 12.6. The van der Waals surface area contributed by atoms with Crippen LogP contribution in [0, 0.1) is 6.92 Å². The van der Waals surface area contributed by atoms with Crippen LogP contribution in [-0.4, -0.2) is 21.2 Å². The maximum Gasteiger partial charge on any atom is 0.213 e. The lowest BCUT2D eigenvalue weighted by molar-refractivity contribution is 0.646. The van der Waals surface area contributed by atoms with Gasteiger partial charge >= 0.3 is 0 Å². The quantitative estimate of drug-likeness (QED) is 0.889. The van der Waals surface area contributed by atoms with Crippen LogP contribution < -0.4 is 5.73 Å². The molecule has 1 unspecified atom stereocenters. The largest absolute Gasteiger partial charge is 0.327 e. The minimum atomic E-state index is 0.185. The first-order valence-corrected chi connectivity index (χ1v) is 7.38. The third kappa shape index (κ3) is 3.96. The first-order chi connectivity index (χ1) is 9.08. The number of hydrogen-bond acceptors (Lipinski definition) is 4. The standard InChI is InChI=1S/C13H17ClN4S/c1-3-10(15)6-9-4-5-12(11(14)7-9)19-13-16-8(2)17-18-13/h4-5,7,10H,3,6,15H2,1-2H3,(H,16,17,18). The Labute approximate surface area is 122 Å². The van der Waals surface area contributed by atoms with Crippen molar-refractivity contribution in [3.05, 3.63) is 34.6 Å². The number of hydrogen-bond donors (Lipinski definition) is 2. The van der Waals surface area contributed by atoms with Crippen molar-refractivity contribution < 1.29 is 0 Å². The van der Waals surface area contributed by atoms with Crippen molar-refractivity contribution in [1.82, 2.24) is 15.2 Å². The van der Waals surface area contributed by atoms with E-state index in [0.29, 0.717) is 10.2 Å². The summed E-state index contributed by atoms with van der Waals surface area (Å²) in [5, 5.41) is 8.29. The van der Waals surface area contributed by atoms with E-state index in [1.165, 1.54) is 11.8 Å². The Morgan fingerprint density at radius 1 is 1.47 bits per heavy atom. The van der Waals surface area contributed by atoms with E-state index in [1.807, 2.05) is 19.1 Å². The summed E-state index contributed by atoms with van der Waals surface area (Å²) in [5.74, 6) is 0.796. The van der Waals surface area contributed by atoms with Crippen molar-refractivity contribution in [3.8, 4) is 0 Å². The van der Waals surface area contributed by atoms with E-state index < -0.39 is 0 Å². The van der Waals surface area contributed by atoms with Gasteiger partial charge in [0.05, 0.1) is 5.02 Å². The summed E-state index contributed by atoms with van der Waals surface area (Å²) in [7, 11) is 0. The summed E-state index contributed by atoms with van der Waals surface area (Å²) in [6.45, 7) is 3.95. The van der Waals surface area contributed by atoms with E-state index in [2.05, 4.69) is 28.2 Å². The first-order valence-electron chi connectivity index (χ1n) is 6.19. The molecule has 1 atom stereocenters. The van der Waals surface area contributed by atoms with E-state index in [9.17, 15) is 0 Å². The molecule has 0 saturated heterocycles. The third-order valence-corrected chi connectivity index (χ3v) is 4.16. The van der Waals surface area contributed by atoms with Crippen LogP contribution in [0.1, 0.15) is 24.7 Å². The maximum atomic E-state index is 6.29. The Morgan fingerprint density at radius 3 is 2.84 bits per heavy atom. The van der Waals surface area contributed by atoms with Gasteiger partial charge in [-0.25, -0.2) is 4.98 Å². The minimum absolute atomic E-state index is 0.185. The molecule has 0 fully saturated rings. The summed E-state index contributed by atoms with van der Waals surface area (Å²) >= 11 is 7.74. The fourth-order valence-corrected chi connectivity index (χ4v) is 2.75. The second-order valence-corrected chi connectivity index (χ2v) is 5.86. The second-order valence-electron chi connectivity index (χ2n) is 4.44. The number of aromatic nitrogens is 3. The van der Waals surface area contributed by atoms with E-state index in [1.54, 1.807) is 0 Å². The molecule has 102 valence electrons. The summed E-state index contributed by atoms with van der Waals surface area (Å²) in [6.07, 6.45) is 1.81. The van der Waals surface area contributed by atoms with Crippen LogP contribution in [0.25, 0.3) is 0 Å². The average molecular weight is 297 g/mol. The van der Waals surface area contributed by atoms with Crippen molar-refractivity contribution >= 4 is 23.4 Å². The lowest BCUT2D eigenvalue weighted by Gasteiger charge is -2.10. The van der Waals surface area contributed by atoms with Crippen LogP contribution in [0.2, 0.25) is 5.02 Å². The third-order valence-electron chi connectivity index (χ3n) is 2.80. The van der Waals surface area contributed by atoms with Gasteiger partial charge in [-0.1, -0.05) is 24.6 Å². The number of rotatable bonds is 5. The van der Waals surface area contributed by atoms with Crippen molar-refractivity contribution in [2.75, 3.05) is 0 Å². The van der Waals surface area contributed by atoms with Crippen molar-refractivity contribution in [1.29, 1.82) is 0 Å². The zero-order chi connectivity index (χ0) is 13.8. The van der Waals surface area contributed by atoms with E-state index in [4.69, 9.17) is 17.3 Å². The van der Waals surface area contributed by atoms with E-state index in [-0.39, 0.29) is 6.04 Å². The van der Waals surface area contributed by atoms with Gasteiger partial charge in [0, 0.05) is 10.9 Å². The second kappa shape index (κ2) is 6.41. The first kappa shape index (κ1) is 14.4. The Bertz CT molecular complexity index is 555. The summed E-state index contributed by atoms with van der Waals surface area (Å²) < 4.78 is 0. The highest BCUT2D eigenvalue weighted by molar-refractivity contribution is 7.99. The predicted molar refractivity (Wildman–Crippen MR) is 78.7 cm³/mol. The summed E-state index contributed by atoms with van der Waals surface area (Å²) in [4.78, 5) is 5.20. The number of nitrogens with one attached hydrogen (secondary N) is 1. The molecule has 0 radical (unpaired) electrons. The Hall–Kier alpha value is -1.04. The highest BCUT2D eigenvalue weighted by Crippen LogP contribution is 2.32. The molecule has 1 aromatic heterocycles. The fraction of sp³-hybridized carbons (Fsp3) is 0.385. The highest BCUT2D eigenvalue weighted by Gasteiger charge is 2.09. The van der Waals surface area contributed by atoms with Gasteiger partial charge in [-0.3, -0.25) is 5.10 Å². The SMILES string of the molecule is CCC(N)Cc1ccc(Sc2n[nH]c(C)n2)c(Cl)c1. The summed E-state index contributed by atoms with van der Waals surface area (Å²) in [5.41, 5.74) is 7.11. The van der Waals surface area contributed by atoms with Crippen LogP contribution in [0.3, 0.4) is 0 Å². The van der Waals surface area contributed by atoms with Gasteiger partial charge < -0.3 is 5.73 Å². The van der Waals surface area contributed by atoms with Crippen LogP contribution in [0.4, 0.5) is 0 Å². The fourth-order valence-electron chi connectivity index (χ4n) is 1.67. The Kier molecular flexibility index (Phi) is 4.85. The van der Waals surface area contributed by atoms with E-state index in [0.717, 1.165) is 29.1 Å². The lowest BCUT2D eigenvalue weighted by Crippen LogP contribution is -2.21. The van der Waals surface area contributed by atoms with Crippen LogP contribution in [-0.2, 0) is 6.42 Å². The molecule has 1 aromatic carbocycles. The van der Waals surface area contributed by atoms with Gasteiger partial charge in [-0.05, 0) is 49.2 Å². The topological polar surface area (TPSA) is 67.6 Å². The van der Waals surface area contributed by atoms with Gasteiger partial charge in [0.1, 0.15) is 5.82 Å². The molecule has 0 saturated carbocycles. The minimum Gasteiger partial charge on any atom is -0.327 e. The van der Waals surface area contributed by atoms with Gasteiger partial charge in [0.2, 0.25) is 5.16 Å². The molecule has 3 N–H and O–H groups in total. The number of halogens is 1. The number of H-pyrrole nitrogens is 1. The monoisotopic (exact) mass is 296 g/mol. The molecule has 2 aromatic rings. The molecule has 1 heterocycles. The molecule has 0 spiro atoms. The van der Waals surface area contributed by atoms with Gasteiger partial charge in [0.15, 0.2) is 0 Å². The Balaban J connectivity index is 2.10. The molecular weight excluding hydrogens is 280 g/mol. The van der Waals surface area contributed by atoms with Gasteiger partial charge in [0.25, 0.3) is 0 Å². The smallest absolute Gasteiger partial charge is 0.213 e. The average Bonchev–Trinajstić information content (AvgIpc) is 2.78. The number of nitrogens with two attached hydrogens (primary N) is 1. The number of benzene rings is 1. The van der Waals surface area contributed by atoms with Crippen LogP contribution in [0.15, 0.2) is 28.3 Å². The maximum absolute atomic E-state index is 6.29. The van der Waals surface area contributed by atoms with Gasteiger partial charge in [-0.15, -0.1) is 5.10 Å². The molecule has 0 aliphatic carbocycles. The molecule has 6 heteroatoms. The number of aryl methyl sites for hydroxylation is 1. The van der Waals surface area contributed by atoms with E-state index >= 15 is 0 Å². The molecule has 0 amide bonds. The molecule has 2 rings (SSSR count). The molecule has 0 bridgehead atoms. The molecule has 19 heavy (non-hydrogen) atoms. The van der Waals surface area contributed by atoms with Crippen molar-refractivity contribution in [2.24, 2.45) is 5.73 Å². The number of aromatic amines is 1. The molecule has 0 aliphatic heterocycles. The van der Waals surface area contributed by atoms with Gasteiger partial charge in [-0.2, -0.15) is 0 Å². The number of nitrogens with zero attached hydrogens (tertiary/aromatic N) is 2.